The van der Waals surface area contributed by atoms with Gasteiger partial charge in [0.1, 0.15) is 18.3 Å². The van der Waals surface area contributed by atoms with Gasteiger partial charge < -0.3 is 30.3 Å². The number of nitrogens with one attached hydrogen (secondary N) is 2. The maximum atomic E-state index is 15.3. The number of aliphatic hydroxyl groups is 1. The lowest BCUT2D eigenvalue weighted by Gasteiger charge is -2.30. The van der Waals surface area contributed by atoms with Crippen molar-refractivity contribution >= 4 is 19.5 Å². The van der Waals surface area contributed by atoms with Crippen molar-refractivity contribution in [2.45, 2.75) is 37.3 Å². The largest absolute Gasteiger partial charge is 0.469 e. The fraction of sp³-hybridized carbons (Fsp3) is 0.500. The molecule has 0 amide bonds. The van der Waals surface area contributed by atoms with Crippen LogP contribution < -0.4 is 5.73 Å². The lowest BCUT2D eigenvalue weighted by molar-refractivity contribution is -0.0700. The van der Waals surface area contributed by atoms with Crippen molar-refractivity contribution in [3.63, 3.8) is 0 Å². The summed E-state index contributed by atoms with van der Waals surface area (Å²) in [7, 11) is -4.89. The predicted molar refractivity (Wildman–Crippen MR) is 90.6 cm³/mol. The van der Waals surface area contributed by atoms with Crippen LogP contribution in [0.25, 0.3) is 0 Å². The first-order valence-electron chi connectivity index (χ1n) is 7.59. The summed E-state index contributed by atoms with van der Waals surface area (Å²) in [6.07, 6.45) is -3.44. The van der Waals surface area contributed by atoms with Crippen LogP contribution in [-0.4, -0.2) is 56.0 Å². The van der Waals surface area contributed by atoms with Crippen molar-refractivity contribution < 1.29 is 33.1 Å². The molecule has 0 saturated carbocycles. The molecule has 2 heterocycles. The number of hydrogen-bond donors (Lipinski definition) is 6. The number of aromatic nitrogens is 1. The Morgan fingerprint density at radius 3 is 2.78 bits per heavy atom. The molecule has 0 aromatic carbocycles. The molecule has 13 heteroatoms. The van der Waals surface area contributed by atoms with E-state index in [1.54, 1.807) is 6.07 Å². The van der Waals surface area contributed by atoms with E-state index in [1.807, 2.05) is 0 Å². The summed E-state index contributed by atoms with van der Waals surface area (Å²) in [5.41, 5.74) is 0.410. The van der Waals surface area contributed by atoms with Crippen LogP contribution in [0.1, 0.15) is 25.2 Å². The Kier molecular flexibility index (Phi) is 5.58. The second kappa shape index (κ2) is 7.12. The van der Waals surface area contributed by atoms with Gasteiger partial charge in [-0.25, -0.2) is 13.9 Å². The average molecular weight is 403 g/mol. The number of ether oxygens (including phenoxy) is 1. The van der Waals surface area contributed by atoms with E-state index in [4.69, 9.17) is 25.7 Å². The van der Waals surface area contributed by atoms with E-state index < -0.39 is 37.9 Å². The van der Waals surface area contributed by atoms with E-state index in [2.05, 4.69) is 14.5 Å². The highest BCUT2D eigenvalue weighted by Crippen LogP contribution is 2.50. The van der Waals surface area contributed by atoms with Gasteiger partial charge in [0.15, 0.2) is 11.5 Å². The summed E-state index contributed by atoms with van der Waals surface area (Å²) in [5, 5.41) is 27.6. The van der Waals surface area contributed by atoms with Crippen LogP contribution in [-0.2, 0) is 19.4 Å². The molecule has 1 fully saturated rings. The van der Waals surface area contributed by atoms with Crippen LogP contribution in [0, 0.1) is 16.7 Å². The number of aliphatic hydroxyl groups excluding tert-OH is 1. The first-order chi connectivity index (χ1) is 12.3. The molecule has 0 radical (unpaired) electrons. The third-order valence-electron chi connectivity index (χ3n) is 4.10. The van der Waals surface area contributed by atoms with Crippen molar-refractivity contribution in [3.05, 3.63) is 23.5 Å². The van der Waals surface area contributed by atoms with Crippen LogP contribution in [0.15, 0.2) is 17.1 Å². The molecular formula is C14H19FN5O6P. The molecule has 1 aromatic heterocycles. The minimum atomic E-state index is -4.89. The molecule has 4 atom stereocenters. The number of phosphoric acid groups is 1. The normalized spacial score (nSPS) is 31.7. The average Bonchev–Trinajstić information content (AvgIpc) is 3.09. The molecule has 1 saturated heterocycles. The highest BCUT2D eigenvalue weighted by molar-refractivity contribution is 7.46. The lowest BCUT2D eigenvalue weighted by Crippen LogP contribution is -2.48. The Morgan fingerprint density at radius 1 is 1.63 bits per heavy atom. The fourth-order valence-corrected chi connectivity index (χ4v) is 3.10. The van der Waals surface area contributed by atoms with Gasteiger partial charge in [0.25, 0.3) is 0 Å². The Bertz CT molecular complexity index is 854. The number of rotatable bonds is 5. The van der Waals surface area contributed by atoms with Crippen LogP contribution in [0.5, 0.6) is 0 Å². The molecule has 0 aliphatic carbocycles. The van der Waals surface area contributed by atoms with Gasteiger partial charge in [-0.15, -0.1) is 0 Å². The number of phosphoric ester groups is 1. The minimum absolute atomic E-state index is 0.114. The number of nitriles is 1. The maximum absolute atomic E-state index is 15.3. The Balaban J connectivity index is 2.39. The number of alkyl halides is 1. The van der Waals surface area contributed by atoms with Crippen molar-refractivity contribution in [3.8, 4) is 6.07 Å². The van der Waals surface area contributed by atoms with Crippen LogP contribution in [0.2, 0.25) is 0 Å². The van der Waals surface area contributed by atoms with Gasteiger partial charge in [-0.1, -0.05) is 0 Å². The van der Waals surface area contributed by atoms with Crippen molar-refractivity contribution in [2.75, 3.05) is 6.61 Å². The van der Waals surface area contributed by atoms with Gasteiger partial charge in [-0.2, -0.15) is 5.26 Å². The number of aliphatic imine (C=N–C) groups is 1. The summed E-state index contributed by atoms with van der Waals surface area (Å²) < 4.78 is 35.8. The smallest absolute Gasteiger partial charge is 0.387 e. The summed E-state index contributed by atoms with van der Waals surface area (Å²) in [5.74, 6) is -0.154. The molecule has 148 valence electrons. The van der Waals surface area contributed by atoms with Crippen LogP contribution in [0.4, 0.5) is 4.39 Å². The molecule has 1 aliphatic rings. The summed E-state index contributed by atoms with van der Waals surface area (Å²) >= 11 is 0. The van der Waals surface area contributed by atoms with E-state index in [0.29, 0.717) is 0 Å². The number of amidine groups is 2. The number of nitrogens with zero attached hydrogens (tertiary/aromatic N) is 2. The van der Waals surface area contributed by atoms with Gasteiger partial charge >= 0.3 is 7.82 Å². The second-order valence-electron chi connectivity index (χ2n) is 6.14. The van der Waals surface area contributed by atoms with Crippen molar-refractivity contribution in [1.82, 2.24) is 4.98 Å². The minimum Gasteiger partial charge on any atom is -0.387 e. The van der Waals surface area contributed by atoms with Gasteiger partial charge in [-0.05, 0) is 26.0 Å². The van der Waals surface area contributed by atoms with E-state index >= 15 is 4.39 Å². The molecular weight excluding hydrogens is 384 g/mol. The predicted octanol–water partition coefficient (Wildman–Crippen LogP) is 0.0333. The van der Waals surface area contributed by atoms with Gasteiger partial charge in [0.2, 0.25) is 5.60 Å². The number of aromatic amines is 1. The molecule has 1 aromatic rings. The maximum Gasteiger partial charge on any atom is 0.469 e. The summed E-state index contributed by atoms with van der Waals surface area (Å²) in [4.78, 5) is 23.9. The molecule has 0 spiro atoms. The standard InChI is InChI=1S/C14H19FN5O6P/c1-7(17)19-12(18)8-3-4-10(20-8)14(6-16)13(2,15)11(21)9(26-14)5-25-27(22,23)24/h3-4,9,11,20-21H,5H2,1-2H3,(H3,17,18,19)(H2,22,23,24)/t9-,11-,13-,14+/m1/s1. The van der Waals surface area contributed by atoms with Gasteiger partial charge in [0, 0.05) is 0 Å². The van der Waals surface area contributed by atoms with Crippen LogP contribution >= 0.6 is 7.82 Å². The topological polar surface area (TPSA) is 198 Å². The number of halogens is 1. The monoisotopic (exact) mass is 403 g/mol. The van der Waals surface area contributed by atoms with Gasteiger partial charge in [0.05, 0.1) is 23.8 Å². The highest BCUT2D eigenvalue weighted by Gasteiger charge is 2.66. The summed E-state index contributed by atoms with van der Waals surface area (Å²) in [6, 6.07) is 4.30. The first kappa shape index (κ1) is 21.2. The summed E-state index contributed by atoms with van der Waals surface area (Å²) in [6.45, 7) is 1.55. The van der Waals surface area contributed by atoms with E-state index in [9.17, 15) is 14.9 Å². The molecule has 7 N–H and O–H groups in total. The van der Waals surface area contributed by atoms with E-state index in [-0.39, 0.29) is 23.1 Å². The molecule has 0 bridgehead atoms. The third kappa shape index (κ3) is 3.93. The zero-order valence-corrected chi connectivity index (χ0v) is 15.3. The Morgan fingerprint density at radius 2 is 2.26 bits per heavy atom. The molecule has 11 nitrogen and oxygen atoms in total. The van der Waals surface area contributed by atoms with Crippen molar-refractivity contribution in [2.24, 2.45) is 10.7 Å². The quantitative estimate of drug-likeness (QED) is 0.225. The SMILES string of the molecule is CC(N)=NC(=N)c1ccc([C@]2(C#N)O[C@H](COP(=O)(O)O)[C@@H](O)[C@@]2(C)F)[nH]1. The molecule has 0 unspecified atom stereocenters. The van der Waals surface area contributed by atoms with Crippen LogP contribution in [0.3, 0.4) is 0 Å². The lowest BCUT2D eigenvalue weighted by atomic mass is 9.82. The first-order valence-corrected chi connectivity index (χ1v) is 9.12. The number of hydrogen-bond acceptors (Lipinski definition) is 6. The van der Waals surface area contributed by atoms with E-state index in [0.717, 1.165) is 6.92 Å². The Labute approximate surface area is 153 Å². The van der Waals surface area contributed by atoms with Crippen molar-refractivity contribution in [1.29, 1.82) is 10.7 Å². The molecule has 1 aliphatic heterocycles. The highest BCUT2D eigenvalue weighted by atomic mass is 31.2. The Hall–Kier alpha value is -2.13. The third-order valence-corrected chi connectivity index (χ3v) is 4.58. The van der Waals surface area contributed by atoms with E-state index in [1.165, 1.54) is 19.1 Å². The zero-order valence-electron chi connectivity index (χ0n) is 14.4. The van der Waals surface area contributed by atoms with Gasteiger partial charge in [-0.3, -0.25) is 9.93 Å². The molecule has 27 heavy (non-hydrogen) atoms. The number of nitrogens with two attached hydrogens (primary N) is 1. The fourth-order valence-electron chi connectivity index (χ4n) is 2.76. The molecule has 2 rings (SSSR count). The zero-order chi connectivity index (χ0) is 20.6. The number of H-pyrrole nitrogens is 1. The second-order valence-corrected chi connectivity index (χ2v) is 7.38.